The standard InChI is InChI=1S/C39H47N5O5/c1-5-26(2)34(42-37(46)32(43(3)4)25-29-14-10-7-11-15-29)39(48)44-23-21-33-35(44)38(47)41-31(24-28-12-8-6-9-13-28)36(45)40-22-20-27-16-18-30(49-33)19-17-27/h6-20,22,26,31-35H,5,21,23-25H2,1-4H3,(H,40,45)(H,41,47)(H,42,46)/b22-20-/t26-,31+,32-,33-,34+,35-/m0/s1. The topological polar surface area (TPSA) is 120 Å². The van der Waals surface area contributed by atoms with Gasteiger partial charge in [-0.1, -0.05) is 93.1 Å². The quantitative estimate of drug-likeness (QED) is 0.305. The van der Waals surface area contributed by atoms with Crippen molar-refractivity contribution < 1.29 is 23.9 Å². The van der Waals surface area contributed by atoms with Crippen LogP contribution in [0.4, 0.5) is 0 Å². The first-order chi connectivity index (χ1) is 23.6. The first-order valence-electron chi connectivity index (χ1n) is 17.0. The minimum atomic E-state index is -1.03. The average molecular weight is 666 g/mol. The summed E-state index contributed by atoms with van der Waals surface area (Å²) in [5.41, 5.74) is 2.75. The second kappa shape index (κ2) is 16.4. The highest BCUT2D eigenvalue weighted by Crippen LogP contribution is 2.27. The van der Waals surface area contributed by atoms with Gasteiger partial charge in [0.1, 0.15) is 30.0 Å². The van der Waals surface area contributed by atoms with E-state index < -0.39 is 36.2 Å². The summed E-state index contributed by atoms with van der Waals surface area (Å²) >= 11 is 0. The van der Waals surface area contributed by atoms with Crippen molar-refractivity contribution in [3.8, 4) is 5.75 Å². The maximum absolute atomic E-state index is 14.5. The van der Waals surface area contributed by atoms with Crippen LogP contribution in [0.25, 0.3) is 6.08 Å². The van der Waals surface area contributed by atoms with Crippen LogP contribution in [0.1, 0.15) is 43.4 Å². The van der Waals surface area contributed by atoms with Gasteiger partial charge >= 0.3 is 0 Å². The molecule has 1 fully saturated rings. The Morgan fingerprint density at radius 2 is 1.59 bits per heavy atom. The van der Waals surface area contributed by atoms with Crippen LogP contribution in [0.5, 0.6) is 5.75 Å². The minimum absolute atomic E-state index is 0.214. The van der Waals surface area contributed by atoms with E-state index in [0.717, 1.165) is 16.7 Å². The van der Waals surface area contributed by atoms with Crippen molar-refractivity contribution in [2.24, 2.45) is 5.92 Å². The first-order valence-corrected chi connectivity index (χ1v) is 17.0. The molecule has 10 heteroatoms. The molecule has 258 valence electrons. The Kier molecular flexibility index (Phi) is 11.9. The number of likely N-dealkylation sites (tertiary alicyclic amines) is 1. The summed E-state index contributed by atoms with van der Waals surface area (Å²) in [6.07, 6.45) is 4.42. The molecule has 10 nitrogen and oxygen atoms in total. The summed E-state index contributed by atoms with van der Waals surface area (Å²) in [6, 6.07) is 23.2. The molecule has 3 heterocycles. The van der Waals surface area contributed by atoms with E-state index in [1.54, 1.807) is 24.4 Å². The molecule has 3 N–H and O–H groups in total. The molecule has 0 saturated carbocycles. The van der Waals surface area contributed by atoms with E-state index in [1.165, 1.54) is 4.90 Å². The van der Waals surface area contributed by atoms with Gasteiger partial charge in [-0.3, -0.25) is 24.1 Å². The fraction of sp³-hybridized carbons (Fsp3) is 0.385. The van der Waals surface area contributed by atoms with Crippen molar-refractivity contribution in [3.05, 3.63) is 108 Å². The van der Waals surface area contributed by atoms with Crippen molar-refractivity contribution in [2.45, 2.75) is 69.8 Å². The number of hydrogen-bond donors (Lipinski definition) is 3. The maximum Gasteiger partial charge on any atom is 0.247 e. The lowest BCUT2D eigenvalue weighted by atomic mass is 9.96. The lowest BCUT2D eigenvalue weighted by Gasteiger charge is -2.34. The Hall–Kier alpha value is -4.96. The molecular weight excluding hydrogens is 618 g/mol. The normalized spacial score (nSPS) is 21.7. The van der Waals surface area contributed by atoms with E-state index in [-0.39, 0.29) is 36.6 Å². The highest BCUT2D eigenvalue weighted by molar-refractivity contribution is 5.96. The van der Waals surface area contributed by atoms with Gasteiger partial charge in [-0.15, -0.1) is 0 Å². The van der Waals surface area contributed by atoms with E-state index in [0.29, 0.717) is 25.0 Å². The predicted octanol–water partition coefficient (Wildman–Crippen LogP) is 3.57. The number of nitrogens with zero attached hydrogens (tertiary/aromatic N) is 2. The zero-order valence-electron chi connectivity index (χ0n) is 28.7. The molecule has 3 aliphatic heterocycles. The molecule has 0 aliphatic carbocycles. The summed E-state index contributed by atoms with van der Waals surface area (Å²) in [6.45, 7) is 4.15. The average Bonchev–Trinajstić information content (AvgIpc) is 3.53. The molecule has 3 aliphatic rings. The Morgan fingerprint density at radius 1 is 0.939 bits per heavy atom. The maximum atomic E-state index is 14.5. The number of carbonyl (C=O) groups excluding carboxylic acids is 4. The molecule has 3 aromatic carbocycles. The number of hydrogen-bond acceptors (Lipinski definition) is 6. The van der Waals surface area contributed by atoms with Gasteiger partial charge in [-0.2, -0.15) is 0 Å². The largest absolute Gasteiger partial charge is 0.488 e. The fourth-order valence-electron chi connectivity index (χ4n) is 6.37. The van der Waals surface area contributed by atoms with Crippen LogP contribution in [0.2, 0.25) is 0 Å². The summed E-state index contributed by atoms with van der Waals surface area (Å²) in [7, 11) is 3.69. The first kappa shape index (κ1) is 35.3. The number of amides is 4. The fourth-order valence-corrected chi connectivity index (χ4v) is 6.37. The Morgan fingerprint density at radius 3 is 2.22 bits per heavy atom. The lowest BCUT2D eigenvalue weighted by Crippen LogP contribution is -2.61. The molecule has 3 aromatic rings. The third-order valence-corrected chi connectivity index (χ3v) is 9.45. The van der Waals surface area contributed by atoms with Gasteiger partial charge in [0.2, 0.25) is 23.6 Å². The number of likely N-dealkylation sites (N-methyl/N-ethyl adjacent to an activating group) is 1. The van der Waals surface area contributed by atoms with Crippen LogP contribution in [0.3, 0.4) is 0 Å². The number of benzene rings is 3. The van der Waals surface area contributed by atoms with E-state index in [4.69, 9.17) is 4.74 Å². The molecule has 0 aromatic heterocycles. The lowest BCUT2D eigenvalue weighted by molar-refractivity contribution is -0.145. The molecule has 49 heavy (non-hydrogen) atoms. The highest BCUT2D eigenvalue weighted by atomic mass is 16.5. The molecule has 1 saturated heterocycles. The second-order valence-corrected chi connectivity index (χ2v) is 13.1. The van der Waals surface area contributed by atoms with Crippen molar-refractivity contribution in [1.82, 2.24) is 25.8 Å². The molecule has 2 bridgehead atoms. The minimum Gasteiger partial charge on any atom is -0.488 e. The van der Waals surface area contributed by atoms with Crippen molar-refractivity contribution >= 4 is 29.7 Å². The Bertz CT molecular complexity index is 1610. The van der Waals surface area contributed by atoms with Gasteiger partial charge in [0.05, 0.1) is 6.04 Å². The molecule has 0 unspecified atom stereocenters. The van der Waals surface area contributed by atoms with Gasteiger partial charge in [0.15, 0.2) is 0 Å². The van der Waals surface area contributed by atoms with E-state index in [2.05, 4.69) is 16.0 Å². The number of nitrogens with one attached hydrogen (secondary N) is 3. The van der Waals surface area contributed by atoms with Crippen LogP contribution in [0, 0.1) is 5.92 Å². The van der Waals surface area contributed by atoms with Crippen LogP contribution in [-0.2, 0) is 32.0 Å². The highest BCUT2D eigenvalue weighted by Gasteiger charge is 2.47. The van der Waals surface area contributed by atoms with Crippen LogP contribution < -0.4 is 20.7 Å². The number of carbonyl (C=O) groups is 4. The SMILES string of the molecule is CC[C@H](C)[C@@H](NC(=O)[C@H](Cc1ccccc1)N(C)C)C(=O)N1CC[C@@H]2Oc3ccc(cc3)/C=C\NC(=O)[C@@H](Cc3ccccc3)NC(=O)[C@H]21. The van der Waals surface area contributed by atoms with Crippen molar-refractivity contribution in [1.29, 1.82) is 0 Å². The third-order valence-electron chi connectivity index (χ3n) is 9.45. The van der Waals surface area contributed by atoms with Crippen molar-refractivity contribution in [2.75, 3.05) is 20.6 Å². The molecular formula is C39H47N5O5. The number of rotatable bonds is 10. The summed E-state index contributed by atoms with van der Waals surface area (Å²) in [4.78, 5) is 59.5. The predicted molar refractivity (Wildman–Crippen MR) is 189 cm³/mol. The van der Waals surface area contributed by atoms with Crippen LogP contribution in [0.15, 0.2) is 91.1 Å². The number of fused-ring (bicyclic) bond motifs is 7. The monoisotopic (exact) mass is 665 g/mol. The molecule has 0 spiro atoms. The van der Waals surface area contributed by atoms with Gasteiger partial charge in [0, 0.05) is 25.6 Å². The molecule has 6 atom stereocenters. The van der Waals surface area contributed by atoms with Gasteiger partial charge in [0.25, 0.3) is 0 Å². The second-order valence-electron chi connectivity index (χ2n) is 13.1. The number of ether oxygens (including phenoxy) is 1. The van der Waals surface area contributed by atoms with Crippen LogP contribution in [-0.4, -0.2) is 84.3 Å². The summed E-state index contributed by atoms with van der Waals surface area (Å²) < 4.78 is 6.38. The van der Waals surface area contributed by atoms with E-state index >= 15 is 0 Å². The van der Waals surface area contributed by atoms with Gasteiger partial charge in [-0.05, 0) is 61.3 Å². The summed E-state index contributed by atoms with van der Waals surface area (Å²) in [5.74, 6) is -1.13. The smallest absolute Gasteiger partial charge is 0.247 e. The zero-order valence-corrected chi connectivity index (χ0v) is 28.7. The Labute approximate surface area is 288 Å². The van der Waals surface area contributed by atoms with Gasteiger partial charge in [-0.25, -0.2) is 0 Å². The summed E-state index contributed by atoms with van der Waals surface area (Å²) in [5, 5.41) is 8.83. The zero-order chi connectivity index (χ0) is 34.9. The van der Waals surface area contributed by atoms with E-state index in [9.17, 15) is 19.2 Å². The molecule has 0 radical (unpaired) electrons. The van der Waals surface area contributed by atoms with Gasteiger partial charge < -0.3 is 25.6 Å². The molecule has 4 amide bonds. The Balaban J connectivity index is 1.44. The van der Waals surface area contributed by atoms with E-state index in [1.807, 2.05) is 106 Å². The molecule has 6 rings (SSSR count). The third kappa shape index (κ3) is 8.94. The van der Waals surface area contributed by atoms with Crippen LogP contribution >= 0.6 is 0 Å². The van der Waals surface area contributed by atoms with Crippen molar-refractivity contribution in [3.63, 3.8) is 0 Å².